The van der Waals surface area contributed by atoms with Gasteiger partial charge >= 0.3 is 11.9 Å². The molecule has 0 bridgehead atoms. The maximum absolute atomic E-state index is 11.4. The highest BCUT2D eigenvalue weighted by atomic mass is 16.6. The number of hydrogen-bond donors (Lipinski definition) is 0. The fraction of sp³-hybridized carbons (Fsp3) is 0.429. The average Bonchev–Trinajstić information content (AvgIpc) is 2.96. The molecule has 0 saturated carbocycles. The highest BCUT2D eigenvalue weighted by Gasteiger charge is 2.22. The van der Waals surface area contributed by atoms with Crippen LogP contribution < -0.4 is 0 Å². The van der Waals surface area contributed by atoms with E-state index in [1.165, 1.54) is 0 Å². The van der Waals surface area contributed by atoms with Crippen LogP contribution in [0, 0.1) is 0 Å². The summed E-state index contributed by atoms with van der Waals surface area (Å²) in [5.41, 5.74) is 0.822. The summed E-state index contributed by atoms with van der Waals surface area (Å²) in [6, 6.07) is 9.15. The van der Waals surface area contributed by atoms with Gasteiger partial charge in [0.2, 0.25) is 0 Å². The molecule has 1 unspecified atom stereocenters. The minimum Gasteiger partial charge on any atom is -0.455 e. The molecule has 0 aromatic heterocycles. The van der Waals surface area contributed by atoms with Gasteiger partial charge in [-0.15, -0.1) is 0 Å². The molecule has 1 atom stereocenters. The van der Waals surface area contributed by atoms with E-state index in [0.717, 1.165) is 18.4 Å². The Morgan fingerprint density at radius 2 is 1.89 bits per heavy atom. The number of esters is 2. The van der Waals surface area contributed by atoms with Gasteiger partial charge in [-0.1, -0.05) is 30.3 Å². The molecule has 102 valence electrons. The Kier molecular flexibility index (Phi) is 4.92. The van der Waals surface area contributed by atoms with Gasteiger partial charge in [-0.3, -0.25) is 0 Å². The third kappa shape index (κ3) is 4.37. The molecule has 1 heterocycles. The lowest BCUT2D eigenvalue weighted by Gasteiger charge is -2.09. The Bertz CT molecular complexity index is 423. The number of rotatable bonds is 4. The van der Waals surface area contributed by atoms with Crippen LogP contribution in [0.4, 0.5) is 0 Å². The molecular formula is C14H16O5. The van der Waals surface area contributed by atoms with Crippen LogP contribution in [0.25, 0.3) is 0 Å². The molecule has 5 nitrogen and oxygen atoms in total. The van der Waals surface area contributed by atoms with E-state index < -0.39 is 11.9 Å². The topological polar surface area (TPSA) is 61.8 Å². The zero-order valence-corrected chi connectivity index (χ0v) is 10.5. The van der Waals surface area contributed by atoms with Crippen molar-refractivity contribution in [2.24, 2.45) is 0 Å². The maximum atomic E-state index is 11.4. The standard InChI is InChI=1S/C14H16O5/c15-13(18-9-11-5-2-1-3-6-11)14(16)19-10-12-7-4-8-17-12/h1-3,5-6,12H,4,7-10H2. The normalized spacial score (nSPS) is 18.0. The molecule has 1 saturated heterocycles. The second-order valence-corrected chi connectivity index (χ2v) is 4.30. The molecule has 1 aliphatic heterocycles. The Balaban J connectivity index is 1.68. The fourth-order valence-electron chi connectivity index (χ4n) is 1.79. The molecule has 2 rings (SSSR count). The second-order valence-electron chi connectivity index (χ2n) is 4.30. The Hall–Kier alpha value is -1.88. The number of ether oxygens (including phenoxy) is 3. The van der Waals surface area contributed by atoms with Crippen LogP contribution in [-0.4, -0.2) is 31.3 Å². The van der Waals surface area contributed by atoms with E-state index in [1.54, 1.807) is 0 Å². The molecule has 0 N–H and O–H groups in total. The summed E-state index contributed by atoms with van der Waals surface area (Å²) in [7, 11) is 0. The first-order chi connectivity index (χ1) is 9.25. The average molecular weight is 264 g/mol. The van der Waals surface area contributed by atoms with Gasteiger partial charge in [0.1, 0.15) is 13.2 Å². The van der Waals surface area contributed by atoms with Gasteiger partial charge in [-0.2, -0.15) is 0 Å². The summed E-state index contributed by atoms with van der Waals surface area (Å²) >= 11 is 0. The van der Waals surface area contributed by atoms with Crippen LogP contribution >= 0.6 is 0 Å². The summed E-state index contributed by atoms with van der Waals surface area (Å²) < 4.78 is 15.0. The molecular weight excluding hydrogens is 248 g/mol. The van der Waals surface area contributed by atoms with Crippen molar-refractivity contribution in [1.82, 2.24) is 0 Å². The Labute approximate surface area is 111 Å². The third-order valence-electron chi connectivity index (χ3n) is 2.80. The molecule has 0 aliphatic carbocycles. The molecule has 1 aromatic rings. The monoisotopic (exact) mass is 264 g/mol. The quantitative estimate of drug-likeness (QED) is 0.608. The van der Waals surface area contributed by atoms with Crippen LogP contribution in [0.2, 0.25) is 0 Å². The summed E-state index contributed by atoms with van der Waals surface area (Å²) in [4.78, 5) is 22.8. The molecule has 1 aliphatic rings. The molecule has 0 radical (unpaired) electrons. The summed E-state index contributed by atoms with van der Waals surface area (Å²) in [5.74, 6) is -1.94. The van der Waals surface area contributed by atoms with E-state index >= 15 is 0 Å². The van der Waals surface area contributed by atoms with Crippen molar-refractivity contribution in [1.29, 1.82) is 0 Å². The molecule has 0 amide bonds. The Morgan fingerprint density at radius 3 is 2.58 bits per heavy atom. The van der Waals surface area contributed by atoms with E-state index in [9.17, 15) is 9.59 Å². The van der Waals surface area contributed by atoms with Gasteiger partial charge in [0.15, 0.2) is 0 Å². The predicted molar refractivity (Wildman–Crippen MR) is 66.2 cm³/mol. The smallest absolute Gasteiger partial charge is 0.417 e. The van der Waals surface area contributed by atoms with Crippen LogP contribution in [0.3, 0.4) is 0 Å². The van der Waals surface area contributed by atoms with Crippen molar-refractivity contribution in [2.45, 2.75) is 25.6 Å². The van der Waals surface area contributed by atoms with Gasteiger partial charge in [-0.05, 0) is 18.4 Å². The largest absolute Gasteiger partial charge is 0.455 e. The molecule has 19 heavy (non-hydrogen) atoms. The second kappa shape index (κ2) is 6.89. The first kappa shape index (κ1) is 13.5. The maximum Gasteiger partial charge on any atom is 0.417 e. The highest BCUT2D eigenvalue weighted by molar-refractivity contribution is 6.29. The predicted octanol–water partition coefficient (Wildman–Crippen LogP) is 1.45. The Morgan fingerprint density at radius 1 is 1.16 bits per heavy atom. The minimum atomic E-state index is -0.971. The van der Waals surface area contributed by atoms with Gasteiger partial charge in [0, 0.05) is 6.61 Å². The van der Waals surface area contributed by atoms with Gasteiger partial charge in [0.05, 0.1) is 6.10 Å². The van der Waals surface area contributed by atoms with Gasteiger partial charge < -0.3 is 14.2 Å². The van der Waals surface area contributed by atoms with Crippen LogP contribution in [0.1, 0.15) is 18.4 Å². The molecule has 1 fully saturated rings. The number of benzene rings is 1. The van der Waals surface area contributed by atoms with E-state index in [1.807, 2.05) is 30.3 Å². The van der Waals surface area contributed by atoms with E-state index in [-0.39, 0.29) is 19.3 Å². The van der Waals surface area contributed by atoms with Crippen LogP contribution in [-0.2, 0) is 30.4 Å². The van der Waals surface area contributed by atoms with Crippen molar-refractivity contribution in [3.63, 3.8) is 0 Å². The zero-order chi connectivity index (χ0) is 13.5. The van der Waals surface area contributed by atoms with Crippen molar-refractivity contribution in [3.8, 4) is 0 Å². The number of hydrogen-bond acceptors (Lipinski definition) is 5. The molecule has 0 spiro atoms. The fourth-order valence-corrected chi connectivity index (χ4v) is 1.79. The summed E-state index contributed by atoms with van der Waals surface area (Å²) in [6.07, 6.45) is 1.72. The summed E-state index contributed by atoms with van der Waals surface area (Å²) in [5, 5.41) is 0. The van der Waals surface area contributed by atoms with Crippen LogP contribution in [0.15, 0.2) is 30.3 Å². The SMILES string of the molecule is O=C(OCc1ccccc1)C(=O)OCC1CCCO1. The lowest BCUT2D eigenvalue weighted by atomic mass is 10.2. The zero-order valence-electron chi connectivity index (χ0n) is 10.5. The lowest BCUT2D eigenvalue weighted by Crippen LogP contribution is -2.25. The lowest BCUT2D eigenvalue weighted by molar-refractivity contribution is -0.170. The molecule has 1 aromatic carbocycles. The van der Waals surface area contributed by atoms with Crippen molar-refractivity contribution in [3.05, 3.63) is 35.9 Å². The summed E-state index contributed by atoms with van der Waals surface area (Å²) in [6.45, 7) is 0.856. The number of carbonyl (C=O) groups excluding carboxylic acids is 2. The van der Waals surface area contributed by atoms with E-state index in [2.05, 4.69) is 0 Å². The first-order valence-electron chi connectivity index (χ1n) is 6.25. The van der Waals surface area contributed by atoms with Crippen molar-refractivity contribution in [2.75, 3.05) is 13.2 Å². The first-order valence-corrected chi connectivity index (χ1v) is 6.25. The third-order valence-corrected chi connectivity index (χ3v) is 2.80. The number of carbonyl (C=O) groups is 2. The van der Waals surface area contributed by atoms with Crippen molar-refractivity contribution < 1.29 is 23.8 Å². The van der Waals surface area contributed by atoms with Crippen LogP contribution in [0.5, 0.6) is 0 Å². The van der Waals surface area contributed by atoms with E-state index in [0.29, 0.717) is 6.61 Å². The van der Waals surface area contributed by atoms with Gasteiger partial charge in [-0.25, -0.2) is 9.59 Å². The molecule has 5 heteroatoms. The van der Waals surface area contributed by atoms with Crippen molar-refractivity contribution >= 4 is 11.9 Å². The van der Waals surface area contributed by atoms with E-state index in [4.69, 9.17) is 14.2 Å². The van der Waals surface area contributed by atoms with Gasteiger partial charge in [0.25, 0.3) is 0 Å². The highest BCUT2D eigenvalue weighted by Crippen LogP contribution is 2.12. The minimum absolute atomic E-state index is 0.0642.